The van der Waals surface area contributed by atoms with Crippen molar-refractivity contribution in [3.8, 4) is 5.75 Å². The Bertz CT molecular complexity index is 576. The SMILES string of the molecule is CCNCc1ccc(OC2CS(=O)(=O)CC2O)c(F)c1. The summed E-state index contributed by atoms with van der Waals surface area (Å²) < 4.78 is 41.9. The number of sulfone groups is 1. The largest absolute Gasteiger partial charge is 0.484 e. The molecule has 1 aromatic carbocycles. The minimum absolute atomic E-state index is 0.0357. The van der Waals surface area contributed by atoms with E-state index in [1.807, 2.05) is 6.92 Å². The molecule has 2 rings (SSSR count). The summed E-state index contributed by atoms with van der Waals surface area (Å²) in [5.41, 5.74) is 0.774. The Morgan fingerprint density at radius 1 is 1.45 bits per heavy atom. The Morgan fingerprint density at radius 2 is 2.20 bits per heavy atom. The van der Waals surface area contributed by atoms with Crippen LogP contribution in [-0.4, -0.2) is 43.8 Å². The van der Waals surface area contributed by atoms with Gasteiger partial charge < -0.3 is 15.2 Å². The zero-order valence-corrected chi connectivity index (χ0v) is 12.0. The third-order valence-electron chi connectivity index (χ3n) is 3.13. The van der Waals surface area contributed by atoms with Crippen LogP contribution in [0.15, 0.2) is 18.2 Å². The zero-order chi connectivity index (χ0) is 14.8. The topological polar surface area (TPSA) is 75.6 Å². The van der Waals surface area contributed by atoms with Crippen LogP contribution in [0.1, 0.15) is 12.5 Å². The van der Waals surface area contributed by atoms with Gasteiger partial charge in [-0.2, -0.15) is 0 Å². The maximum absolute atomic E-state index is 13.9. The van der Waals surface area contributed by atoms with Crippen LogP contribution in [0.5, 0.6) is 5.75 Å². The molecule has 1 heterocycles. The third-order valence-corrected chi connectivity index (χ3v) is 4.81. The van der Waals surface area contributed by atoms with E-state index in [1.165, 1.54) is 12.1 Å². The number of aliphatic hydroxyl groups excluding tert-OH is 1. The van der Waals surface area contributed by atoms with Gasteiger partial charge in [0.15, 0.2) is 21.4 Å². The van der Waals surface area contributed by atoms with Crippen LogP contribution in [0.2, 0.25) is 0 Å². The zero-order valence-electron chi connectivity index (χ0n) is 11.2. The molecular formula is C13H18FNO4S. The van der Waals surface area contributed by atoms with Gasteiger partial charge in [0.2, 0.25) is 0 Å². The van der Waals surface area contributed by atoms with Crippen molar-refractivity contribution < 1.29 is 22.7 Å². The molecule has 0 aromatic heterocycles. The van der Waals surface area contributed by atoms with Crippen molar-refractivity contribution in [1.29, 1.82) is 0 Å². The molecule has 0 saturated carbocycles. The van der Waals surface area contributed by atoms with Crippen molar-refractivity contribution in [2.75, 3.05) is 18.1 Å². The normalized spacial score (nSPS) is 24.8. The monoisotopic (exact) mass is 303 g/mol. The molecule has 5 nitrogen and oxygen atoms in total. The summed E-state index contributed by atoms with van der Waals surface area (Å²) in [6.07, 6.45) is -2.02. The minimum atomic E-state index is -3.31. The van der Waals surface area contributed by atoms with Crippen molar-refractivity contribution in [2.45, 2.75) is 25.7 Å². The molecule has 1 aromatic rings. The Labute approximate surface area is 117 Å². The summed E-state index contributed by atoms with van der Waals surface area (Å²) >= 11 is 0. The fraction of sp³-hybridized carbons (Fsp3) is 0.538. The number of ether oxygens (including phenoxy) is 1. The predicted molar refractivity (Wildman–Crippen MR) is 72.9 cm³/mol. The summed E-state index contributed by atoms with van der Waals surface area (Å²) in [4.78, 5) is 0. The summed E-state index contributed by atoms with van der Waals surface area (Å²) in [5.74, 6) is -1.21. The van der Waals surface area contributed by atoms with E-state index < -0.39 is 27.9 Å². The van der Waals surface area contributed by atoms with Crippen molar-refractivity contribution in [3.05, 3.63) is 29.6 Å². The van der Waals surface area contributed by atoms with E-state index in [1.54, 1.807) is 6.07 Å². The van der Waals surface area contributed by atoms with E-state index in [4.69, 9.17) is 4.74 Å². The van der Waals surface area contributed by atoms with E-state index >= 15 is 0 Å². The van der Waals surface area contributed by atoms with E-state index in [2.05, 4.69) is 5.32 Å². The highest BCUT2D eigenvalue weighted by atomic mass is 32.2. The van der Waals surface area contributed by atoms with Gasteiger partial charge >= 0.3 is 0 Å². The molecule has 112 valence electrons. The van der Waals surface area contributed by atoms with E-state index in [0.29, 0.717) is 6.54 Å². The maximum atomic E-state index is 13.9. The Morgan fingerprint density at radius 3 is 2.75 bits per heavy atom. The van der Waals surface area contributed by atoms with Crippen LogP contribution in [0.25, 0.3) is 0 Å². The molecule has 7 heteroatoms. The lowest BCUT2D eigenvalue weighted by atomic mass is 10.2. The van der Waals surface area contributed by atoms with Crippen LogP contribution >= 0.6 is 0 Å². The molecule has 1 fully saturated rings. The fourth-order valence-electron chi connectivity index (χ4n) is 2.09. The first-order valence-electron chi connectivity index (χ1n) is 6.45. The summed E-state index contributed by atoms with van der Waals surface area (Å²) in [6, 6.07) is 4.50. The number of halogens is 1. The highest BCUT2D eigenvalue weighted by Gasteiger charge is 2.38. The Kier molecular flexibility index (Phi) is 4.62. The van der Waals surface area contributed by atoms with Crippen LogP contribution in [0, 0.1) is 5.82 Å². The second-order valence-electron chi connectivity index (χ2n) is 4.85. The second-order valence-corrected chi connectivity index (χ2v) is 7.00. The quantitative estimate of drug-likeness (QED) is 0.827. The molecule has 20 heavy (non-hydrogen) atoms. The first-order valence-corrected chi connectivity index (χ1v) is 8.27. The smallest absolute Gasteiger partial charge is 0.165 e. The molecule has 1 aliphatic heterocycles. The van der Waals surface area contributed by atoms with Crippen molar-refractivity contribution in [3.63, 3.8) is 0 Å². The van der Waals surface area contributed by atoms with Gasteiger partial charge in [0.1, 0.15) is 12.2 Å². The number of benzene rings is 1. The molecule has 1 saturated heterocycles. The standard InChI is InChI=1S/C13H18FNO4S/c1-2-15-6-9-3-4-12(10(14)5-9)19-13-8-20(17,18)7-11(13)16/h3-5,11,13,15-16H,2,6-8H2,1H3. The summed E-state index contributed by atoms with van der Waals surface area (Å²) in [7, 11) is -3.31. The lowest BCUT2D eigenvalue weighted by molar-refractivity contribution is 0.0710. The lowest BCUT2D eigenvalue weighted by Gasteiger charge is -2.16. The number of hydrogen-bond acceptors (Lipinski definition) is 5. The average molecular weight is 303 g/mol. The van der Waals surface area contributed by atoms with Gasteiger partial charge in [0.05, 0.1) is 11.5 Å². The maximum Gasteiger partial charge on any atom is 0.165 e. The van der Waals surface area contributed by atoms with Gasteiger partial charge in [-0.25, -0.2) is 12.8 Å². The highest BCUT2D eigenvalue weighted by molar-refractivity contribution is 7.91. The Hall–Kier alpha value is -1.18. The van der Waals surface area contributed by atoms with Crippen LogP contribution in [-0.2, 0) is 16.4 Å². The molecular weight excluding hydrogens is 285 g/mol. The van der Waals surface area contributed by atoms with Gasteiger partial charge in [0.25, 0.3) is 0 Å². The number of rotatable bonds is 5. The van der Waals surface area contributed by atoms with E-state index in [0.717, 1.165) is 12.1 Å². The lowest BCUT2D eigenvalue weighted by Crippen LogP contribution is -2.30. The third kappa shape index (κ3) is 3.68. The van der Waals surface area contributed by atoms with Gasteiger partial charge in [-0.05, 0) is 24.2 Å². The first kappa shape index (κ1) is 15.2. The van der Waals surface area contributed by atoms with Crippen molar-refractivity contribution in [1.82, 2.24) is 5.32 Å². The Balaban J connectivity index is 2.07. The molecule has 0 amide bonds. The van der Waals surface area contributed by atoms with Crippen LogP contribution in [0.4, 0.5) is 4.39 Å². The van der Waals surface area contributed by atoms with Crippen LogP contribution in [0.3, 0.4) is 0 Å². The summed E-state index contributed by atoms with van der Waals surface area (Å²) in [5, 5.41) is 12.7. The average Bonchev–Trinajstić information content (AvgIpc) is 2.62. The van der Waals surface area contributed by atoms with Gasteiger partial charge in [-0.1, -0.05) is 13.0 Å². The van der Waals surface area contributed by atoms with E-state index in [-0.39, 0.29) is 17.3 Å². The molecule has 0 radical (unpaired) electrons. The minimum Gasteiger partial charge on any atom is -0.484 e. The van der Waals surface area contributed by atoms with Gasteiger partial charge in [-0.15, -0.1) is 0 Å². The fourth-order valence-corrected chi connectivity index (χ4v) is 3.75. The molecule has 2 unspecified atom stereocenters. The molecule has 1 aliphatic rings. The van der Waals surface area contributed by atoms with Gasteiger partial charge in [-0.3, -0.25) is 0 Å². The molecule has 2 N–H and O–H groups in total. The molecule has 0 aliphatic carbocycles. The molecule has 0 spiro atoms. The molecule has 0 bridgehead atoms. The number of nitrogens with one attached hydrogen (secondary N) is 1. The summed E-state index contributed by atoms with van der Waals surface area (Å²) in [6.45, 7) is 3.29. The van der Waals surface area contributed by atoms with E-state index in [9.17, 15) is 17.9 Å². The van der Waals surface area contributed by atoms with Crippen molar-refractivity contribution >= 4 is 9.84 Å². The first-order chi connectivity index (χ1) is 9.41. The molecule has 2 atom stereocenters. The predicted octanol–water partition coefficient (Wildman–Crippen LogP) is 0.472. The van der Waals surface area contributed by atoms with Crippen molar-refractivity contribution in [2.24, 2.45) is 0 Å². The van der Waals surface area contributed by atoms with Gasteiger partial charge in [0, 0.05) is 6.54 Å². The number of aliphatic hydroxyl groups is 1. The second kappa shape index (κ2) is 6.07. The highest BCUT2D eigenvalue weighted by Crippen LogP contribution is 2.24. The van der Waals surface area contributed by atoms with Crippen LogP contribution < -0.4 is 10.1 Å². The number of hydrogen-bond donors (Lipinski definition) is 2.